The maximum absolute atomic E-state index is 13.8. The van der Waals surface area contributed by atoms with Crippen LogP contribution in [0.25, 0.3) is 6.08 Å². The number of thiocarbonyl (C=S) groups is 1. The molecular formula is C20H17FN2O2S2. The molecule has 4 nitrogen and oxygen atoms in total. The zero-order chi connectivity index (χ0) is 19.4. The summed E-state index contributed by atoms with van der Waals surface area (Å²) in [5, 5.41) is 2.81. The number of carbonyl (C=O) groups excluding carboxylic acids is 2. The van der Waals surface area contributed by atoms with Crippen molar-refractivity contribution in [3.05, 3.63) is 76.4 Å². The number of hydrogen-bond acceptors (Lipinski definition) is 4. The number of thioether (sulfide) groups is 1. The average molecular weight is 401 g/mol. The largest absolute Gasteiger partial charge is 0.350 e. The van der Waals surface area contributed by atoms with Crippen LogP contribution < -0.4 is 5.32 Å². The van der Waals surface area contributed by atoms with Crippen LogP contribution in [0.5, 0.6) is 0 Å². The first-order valence-electron chi connectivity index (χ1n) is 8.30. The van der Waals surface area contributed by atoms with Crippen molar-refractivity contribution in [3.63, 3.8) is 0 Å². The predicted octanol–water partition coefficient (Wildman–Crippen LogP) is 3.73. The molecule has 1 heterocycles. The van der Waals surface area contributed by atoms with E-state index in [1.54, 1.807) is 25.1 Å². The summed E-state index contributed by atoms with van der Waals surface area (Å²) in [7, 11) is 0. The molecule has 1 aliphatic heterocycles. The molecule has 0 aliphatic carbocycles. The zero-order valence-corrected chi connectivity index (χ0v) is 16.1. The number of halogens is 1. The van der Waals surface area contributed by atoms with Crippen LogP contribution in [0.2, 0.25) is 0 Å². The number of carbonyl (C=O) groups is 2. The molecule has 0 bridgehead atoms. The Bertz CT molecular complexity index is 915. The molecule has 2 aromatic carbocycles. The summed E-state index contributed by atoms with van der Waals surface area (Å²) < 4.78 is 14.1. The number of benzene rings is 2. The quantitative estimate of drug-likeness (QED) is 0.614. The van der Waals surface area contributed by atoms with Crippen LogP contribution in [0.4, 0.5) is 4.39 Å². The fourth-order valence-electron chi connectivity index (χ4n) is 2.60. The van der Waals surface area contributed by atoms with Gasteiger partial charge in [0.1, 0.15) is 16.2 Å². The third-order valence-corrected chi connectivity index (χ3v) is 5.42. The smallest absolute Gasteiger partial charge is 0.266 e. The summed E-state index contributed by atoms with van der Waals surface area (Å²) in [5.74, 6) is -1.12. The van der Waals surface area contributed by atoms with Gasteiger partial charge in [-0.3, -0.25) is 14.5 Å². The molecule has 0 aromatic heterocycles. The Balaban J connectivity index is 1.70. The fraction of sp³-hybridized carbons (Fsp3) is 0.150. The van der Waals surface area contributed by atoms with Crippen LogP contribution >= 0.6 is 24.0 Å². The number of rotatable bonds is 5. The molecular weight excluding hydrogens is 383 g/mol. The van der Waals surface area contributed by atoms with Gasteiger partial charge in [0.25, 0.3) is 5.91 Å². The van der Waals surface area contributed by atoms with Gasteiger partial charge in [0.2, 0.25) is 5.91 Å². The van der Waals surface area contributed by atoms with Crippen molar-refractivity contribution in [2.75, 3.05) is 0 Å². The lowest BCUT2D eigenvalue weighted by Gasteiger charge is -2.22. The molecule has 0 radical (unpaired) electrons. The van der Waals surface area contributed by atoms with E-state index in [0.717, 1.165) is 17.3 Å². The van der Waals surface area contributed by atoms with E-state index in [4.69, 9.17) is 12.2 Å². The molecule has 1 saturated heterocycles. The standard InChI is InChI=1S/C20H17FN2O2S2/c1-13(18(24)22-12-14-7-3-2-4-8-14)23-19(25)17(27-20(23)26)11-15-9-5-6-10-16(15)21/h2-11,13H,12H2,1H3,(H,22,24)/b17-11-. The van der Waals surface area contributed by atoms with Crippen molar-refractivity contribution in [2.45, 2.75) is 19.5 Å². The second kappa shape index (κ2) is 8.45. The molecule has 3 rings (SSSR count). The fourth-order valence-corrected chi connectivity index (χ4v) is 4.01. The first-order chi connectivity index (χ1) is 13.0. The van der Waals surface area contributed by atoms with Crippen molar-refractivity contribution in [1.82, 2.24) is 10.2 Å². The van der Waals surface area contributed by atoms with Crippen LogP contribution in [-0.4, -0.2) is 27.1 Å². The van der Waals surface area contributed by atoms with Crippen molar-refractivity contribution in [2.24, 2.45) is 0 Å². The van der Waals surface area contributed by atoms with Crippen LogP contribution in [0, 0.1) is 5.82 Å². The third kappa shape index (κ3) is 4.43. The predicted molar refractivity (Wildman–Crippen MR) is 109 cm³/mol. The van der Waals surface area contributed by atoms with Crippen molar-refractivity contribution >= 4 is 46.2 Å². The molecule has 1 N–H and O–H groups in total. The van der Waals surface area contributed by atoms with Crippen LogP contribution in [0.15, 0.2) is 59.5 Å². The summed E-state index contributed by atoms with van der Waals surface area (Å²) in [6, 6.07) is 14.9. The molecule has 1 unspecified atom stereocenters. The summed E-state index contributed by atoms with van der Waals surface area (Å²) >= 11 is 6.34. The van der Waals surface area contributed by atoms with E-state index in [9.17, 15) is 14.0 Å². The van der Waals surface area contributed by atoms with Gasteiger partial charge in [0.05, 0.1) is 4.91 Å². The second-order valence-electron chi connectivity index (χ2n) is 5.95. The van der Waals surface area contributed by atoms with Crippen LogP contribution in [0.3, 0.4) is 0 Å². The Morgan fingerprint density at radius 3 is 2.59 bits per heavy atom. The Morgan fingerprint density at radius 1 is 1.22 bits per heavy atom. The van der Waals surface area contributed by atoms with Gasteiger partial charge in [-0.15, -0.1) is 0 Å². The molecule has 2 aromatic rings. The normalized spacial score (nSPS) is 16.7. The molecule has 0 spiro atoms. The maximum atomic E-state index is 13.8. The summed E-state index contributed by atoms with van der Waals surface area (Å²) in [6.07, 6.45) is 1.46. The first-order valence-corrected chi connectivity index (χ1v) is 9.53. The van der Waals surface area contributed by atoms with E-state index in [1.165, 1.54) is 17.0 Å². The number of nitrogens with zero attached hydrogens (tertiary/aromatic N) is 1. The minimum atomic E-state index is -0.757. The second-order valence-corrected chi connectivity index (χ2v) is 7.63. The highest BCUT2D eigenvalue weighted by molar-refractivity contribution is 8.26. The lowest BCUT2D eigenvalue weighted by atomic mass is 10.2. The molecule has 1 atom stereocenters. The highest BCUT2D eigenvalue weighted by atomic mass is 32.2. The molecule has 7 heteroatoms. The highest BCUT2D eigenvalue weighted by Gasteiger charge is 2.38. The van der Waals surface area contributed by atoms with Gasteiger partial charge in [0, 0.05) is 12.1 Å². The van der Waals surface area contributed by atoms with Gasteiger partial charge in [-0.2, -0.15) is 0 Å². The van der Waals surface area contributed by atoms with E-state index in [0.29, 0.717) is 17.0 Å². The molecule has 1 aliphatic rings. The number of hydrogen-bond donors (Lipinski definition) is 1. The van der Waals surface area contributed by atoms with E-state index >= 15 is 0 Å². The van der Waals surface area contributed by atoms with Crippen molar-refractivity contribution in [1.29, 1.82) is 0 Å². The van der Waals surface area contributed by atoms with Crippen LogP contribution in [0.1, 0.15) is 18.1 Å². The molecule has 27 heavy (non-hydrogen) atoms. The van der Waals surface area contributed by atoms with E-state index in [1.807, 2.05) is 30.3 Å². The minimum Gasteiger partial charge on any atom is -0.350 e. The average Bonchev–Trinajstić information content (AvgIpc) is 2.95. The van der Waals surface area contributed by atoms with Gasteiger partial charge in [-0.05, 0) is 24.6 Å². The van der Waals surface area contributed by atoms with E-state index in [2.05, 4.69) is 5.32 Å². The Morgan fingerprint density at radius 2 is 1.89 bits per heavy atom. The zero-order valence-electron chi connectivity index (χ0n) is 14.5. The molecule has 0 saturated carbocycles. The van der Waals surface area contributed by atoms with Gasteiger partial charge in [0.15, 0.2) is 0 Å². The third-order valence-electron chi connectivity index (χ3n) is 4.09. The SMILES string of the molecule is CC(C(=O)NCc1ccccc1)N1C(=O)/C(=C/c2ccccc2F)SC1=S. The summed E-state index contributed by atoms with van der Waals surface area (Å²) in [6.45, 7) is 1.99. The monoisotopic (exact) mass is 400 g/mol. The topological polar surface area (TPSA) is 49.4 Å². The van der Waals surface area contributed by atoms with Crippen LogP contribution in [-0.2, 0) is 16.1 Å². The molecule has 2 amide bonds. The van der Waals surface area contributed by atoms with E-state index in [-0.39, 0.29) is 10.2 Å². The molecule has 138 valence electrons. The first kappa shape index (κ1) is 19.3. The number of nitrogens with one attached hydrogen (secondary N) is 1. The Kier molecular flexibility index (Phi) is 6.03. The number of amides is 2. The van der Waals surface area contributed by atoms with Gasteiger partial charge < -0.3 is 5.32 Å². The van der Waals surface area contributed by atoms with Crippen molar-refractivity contribution < 1.29 is 14.0 Å². The summed E-state index contributed by atoms with van der Waals surface area (Å²) in [4.78, 5) is 26.7. The van der Waals surface area contributed by atoms with Crippen molar-refractivity contribution in [3.8, 4) is 0 Å². The lowest BCUT2D eigenvalue weighted by Crippen LogP contribution is -2.46. The van der Waals surface area contributed by atoms with Gasteiger partial charge >= 0.3 is 0 Å². The summed E-state index contributed by atoms with van der Waals surface area (Å²) in [5.41, 5.74) is 1.27. The Hall–Kier alpha value is -2.51. The van der Waals surface area contributed by atoms with Gasteiger partial charge in [-0.25, -0.2) is 4.39 Å². The van der Waals surface area contributed by atoms with E-state index < -0.39 is 17.8 Å². The van der Waals surface area contributed by atoms with Gasteiger partial charge in [-0.1, -0.05) is 72.5 Å². The molecule has 1 fully saturated rings. The lowest BCUT2D eigenvalue weighted by molar-refractivity contribution is -0.132. The Labute approximate surface area is 166 Å². The highest BCUT2D eigenvalue weighted by Crippen LogP contribution is 2.34. The maximum Gasteiger partial charge on any atom is 0.266 e. The minimum absolute atomic E-state index is 0.282.